The highest BCUT2D eigenvalue weighted by Gasteiger charge is 2.27. The largest absolute Gasteiger partial charge is 0.326 e. The van der Waals surface area contributed by atoms with Crippen molar-refractivity contribution in [3.63, 3.8) is 0 Å². The standard InChI is InChI=1S/C23H27N3O3S/c1-18-6-12-21(16-22(18)30(28,29)26-14-4-2-3-5-15-26)25-23(27)13-11-19-7-9-20(17-24)10-8-19/h6-10,12,16H,2-5,11,13-15H2,1H3,(H,25,27). The summed E-state index contributed by atoms with van der Waals surface area (Å²) in [7, 11) is -3.58. The number of nitrogens with zero attached hydrogens (tertiary/aromatic N) is 2. The van der Waals surface area contributed by atoms with E-state index in [1.165, 1.54) is 0 Å². The molecule has 30 heavy (non-hydrogen) atoms. The third-order valence-electron chi connectivity index (χ3n) is 5.38. The van der Waals surface area contributed by atoms with Crippen LogP contribution in [-0.2, 0) is 21.2 Å². The number of benzene rings is 2. The van der Waals surface area contributed by atoms with E-state index in [4.69, 9.17) is 5.26 Å². The Labute approximate surface area is 178 Å². The molecule has 7 heteroatoms. The number of nitriles is 1. The summed E-state index contributed by atoms with van der Waals surface area (Å²) in [4.78, 5) is 12.6. The van der Waals surface area contributed by atoms with Gasteiger partial charge in [0.15, 0.2) is 0 Å². The van der Waals surface area contributed by atoms with E-state index in [0.29, 0.717) is 36.3 Å². The Kier molecular flexibility index (Phi) is 7.24. The number of amides is 1. The lowest BCUT2D eigenvalue weighted by Gasteiger charge is -2.21. The molecule has 0 aromatic heterocycles. The van der Waals surface area contributed by atoms with E-state index >= 15 is 0 Å². The van der Waals surface area contributed by atoms with Gasteiger partial charge in [0, 0.05) is 25.2 Å². The second-order valence-corrected chi connectivity index (χ2v) is 9.56. The number of carbonyl (C=O) groups excluding carboxylic acids is 1. The smallest absolute Gasteiger partial charge is 0.243 e. The first-order valence-electron chi connectivity index (χ1n) is 10.3. The van der Waals surface area contributed by atoms with Gasteiger partial charge in [-0.2, -0.15) is 9.57 Å². The van der Waals surface area contributed by atoms with E-state index in [1.54, 1.807) is 41.6 Å². The number of rotatable bonds is 6. The van der Waals surface area contributed by atoms with Gasteiger partial charge >= 0.3 is 0 Å². The molecule has 2 aromatic carbocycles. The first-order valence-corrected chi connectivity index (χ1v) is 11.7. The van der Waals surface area contributed by atoms with Crippen LogP contribution in [0.2, 0.25) is 0 Å². The highest BCUT2D eigenvalue weighted by Crippen LogP contribution is 2.26. The molecule has 3 rings (SSSR count). The summed E-state index contributed by atoms with van der Waals surface area (Å²) in [6.45, 7) is 2.87. The third-order valence-corrected chi connectivity index (χ3v) is 7.42. The fourth-order valence-electron chi connectivity index (χ4n) is 3.60. The zero-order valence-corrected chi connectivity index (χ0v) is 18.0. The summed E-state index contributed by atoms with van der Waals surface area (Å²) in [6, 6.07) is 14.2. The van der Waals surface area contributed by atoms with Crippen LogP contribution in [0.5, 0.6) is 0 Å². The van der Waals surface area contributed by atoms with Gasteiger partial charge in [0.05, 0.1) is 16.5 Å². The summed E-state index contributed by atoms with van der Waals surface area (Å²) in [5, 5.41) is 11.7. The Morgan fingerprint density at radius 1 is 1.07 bits per heavy atom. The van der Waals surface area contributed by atoms with Gasteiger partial charge in [0.1, 0.15) is 0 Å². The summed E-state index contributed by atoms with van der Waals surface area (Å²) in [5.74, 6) is -0.179. The molecule has 1 saturated heterocycles. The molecular formula is C23H27N3O3S. The molecule has 0 unspecified atom stereocenters. The van der Waals surface area contributed by atoms with E-state index < -0.39 is 10.0 Å². The molecule has 0 aliphatic carbocycles. The lowest BCUT2D eigenvalue weighted by Crippen LogP contribution is -2.32. The highest BCUT2D eigenvalue weighted by atomic mass is 32.2. The molecule has 0 radical (unpaired) electrons. The lowest BCUT2D eigenvalue weighted by atomic mass is 10.1. The van der Waals surface area contributed by atoms with Gasteiger partial charge in [-0.3, -0.25) is 4.79 Å². The van der Waals surface area contributed by atoms with Crippen LogP contribution >= 0.6 is 0 Å². The SMILES string of the molecule is Cc1ccc(NC(=O)CCc2ccc(C#N)cc2)cc1S(=O)(=O)N1CCCCCC1. The van der Waals surface area contributed by atoms with E-state index in [2.05, 4.69) is 11.4 Å². The van der Waals surface area contributed by atoms with E-state index in [0.717, 1.165) is 31.2 Å². The van der Waals surface area contributed by atoms with Crippen molar-refractivity contribution in [3.8, 4) is 6.07 Å². The maximum Gasteiger partial charge on any atom is 0.243 e. The van der Waals surface area contributed by atoms with Gasteiger partial charge in [-0.05, 0) is 61.6 Å². The number of anilines is 1. The van der Waals surface area contributed by atoms with E-state index in [-0.39, 0.29) is 17.2 Å². The number of hydrogen-bond donors (Lipinski definition) is 1. The molecule has 0 spiro atoms. The lowest BCUT2D eigenvalue weighted by molar-refractivity contribution is -0.116. The average Bonchev–Trinajstić information content (AvgIpc) is 3.04. The van der Waals surface area contributed by atoms with Gasteiger partial charge in [-0.1, -0.05) is 31.0 Å². The topological polar surface area (TPSA) is 90.3 Å². The molecule has 158 valence electrons. The minimum atomic E-state index is -3.58. The molecule has 0 saturated carbocycles. The first-order chi connectivity index (χ1) is 14.4. The van der Waals surface area contributed by atoms with Crippen LogP contribution in [0.1, 0.15) is 48.8 Å². The maximum atomic E-state index is 13.2. The van der Waals surface area contributed by atoms with Crippen LogP contribution in [0.25, 0.3) is 0 Å². The van der Waals surface area contributed by atoms with Crippen LogP contribution < -0.4 is 5.32 Å². The minimum Gasteiger partial charge on any atom is -0.326 e. The Morgan fingerprint density at radius 2 is 1.73 bits per heavy atom. The normalized spacial score (nSPS) is 15.2. The quantitative estimate of drug-likeness (QED) is 0.757. The average molecular weight is 426 g/mol. The van der Waals surface area contributed by atoms with Crippen molar-refractivity contribution in [1.29, 1.82) is 5.26 Å². The molecule has 6 nitrogen and oxygen atoms in total. The van der Waals surface area contributed by atoms with Gasteiger partial charge in [-0.25, -0.2) is 8.42 Å². The van der Waals surface area contributed by atoms with Crippen LogP contribution in [0.4, 0.5) is 5.69 Å². The molecule has 2 aromatic rings. The molecule has 0 bridgehead atoms. The number of nitrogens with one attached hydrogen (secondary N) is 1. The Morgan fingerprint density at radius 3 is 2.37 bits per heavy atom. The van der Waals surface area contributed by atoms with Crippen molar-refractivity contribution in [2.75, 3.05) is 18.4 Å². The molecule has 1 heterocycles. The van der Waals surface area contributed by atoms with Crippen molar-refractivity contribution < 1.29 is 13.2 Å². The number of aryl methyl sites for hydroxylation is 2. The van der Waals surface area contributed by atoms with Crippen molar-refractivity contribution in [1.82, 2.24) is 4.31 Å². The zero-order chi connectivity index (χ0) is 21.6. The van der Waals surface area contributed by atoms with Gasteiger partial charge in [0.25, 0.3) is 0 Å². The van der Waals surface area contributed by atoms with E-state index in [9.17, 15) is 13.2 Å². The van der Waals surface area contributed by atoms with Crippen LogP contribution in [0.15, 0.2) is 47.4 Å². The second-order valence-electron chi connectivity index (χ2n) is 7.66. The predicted molar refractivity (Wildman–Crippen MR) is 117 cm³/mol. The summed E-state index contributed by atoms with van der Waals surface area (Å²) in [6.07, 6.45) is 4.69. The molecule has 1 aliphatic rings. The number of hydrogen-bond acceptors (Lipinski definition) is 4. The summed E-state index contributed by atoms with van der Waals surface area (Å²) in [5.41, 5.74) is 2.71. The first kappa shape index (κ1) is 22.0. The Bertz CT molecular complexity index is 1030. The Hall–Kier alpha value is -2.69. The summed E-state index contributed by atoms with van der Waals surface area (Å²) >= 11 is 0. The van der Waals surface area contributed by atoms with Gasteiger partial charge in [-0.15, -0.1) is 0 Å². The highest BCUT2D eigenvalue weighted by molar-refractivity contribution is 7.89. The predicted octanol–water partition coefficient (Wildman–Crippen LogP) is 4.00. The zero-order valence-electron chi connectivity index (χ0n) is 17.2. The fourth-order valence-corrected chi connectivity index (χ4v) is 5.37. The minimum absolute atomic E-state index is 0.179. The molecular weight excluding hydrogens is 398 g/mol. The molecule has 0 atom stereocenters. The number of sulfonamides is 1. The van der Waals surface area contributed by atoms with Gasteiger partial charge < -0.3 is 5.32 Å². The third kappa shape index (κ3) is 5.47. The van der Waals surface area contributed by atoms with Crippen molar-refractivity contribution in [2.45, 2.75) is 50.3 Å². The second kappa shape index (κ2) is 9.88. The van der Waals surface area contributed by atoms with Crippen molar-refractivity contribution in [2.24, 2.45) is 0 Å². The molecule has 1 aliphatic heterocycles. The van der Waals surface area contributed by atoms with Crippen molar-refractivity contribution in [3.05, 3.63) is 59.2 Å². The van der Waals surface area contributed by atoms with Crippen molar-refractivity contribution >= 4 is 21.6 Å². The number of carbonyl (C=O) groups is 1. The monoisotopic (exact) mass is 425 g/mol. The Balaban J connectivity index is 1.68. The summed E-state index contributed by atoms with van der Waals surface area (Å²) < 4.78 is 27.9. The van der Waals surface area contributed by atoms with Crippen LogP contribution in [-0.4, -0.2) is 31.7 Å². The maximum absolute atomic E-state index is 13.2. The fraction of sp³-hybridized carbons (Fsp3) is 0.391. The molecule has 1 fully saturated rings. The van der Waals surface area contributed by atoms with Gasteiger partial charge in [0.2, 0.25) is 15.9 Å². The van der Waals surface area contributed by atoms with E-state index in [1.807, 2.05) is 12.1 Å². The van der Waals surface area contributed by atoms with Crippen LogP contribution in [0, 0.1) is 18.3 Å². The molecule has 1 amide bonds. The molecule has 1 N–H and O–H groups in total. The van der Waals surface area contributed by atoms with Crippen LogP contribution in [0.3, 0.4) is 0 Å².